The van der Waals surface area contributed by atoms with Crippen molar-refractivity contribution in [3.8, 4) is 11.5 Å². The highest BCUT2D eigenvalue weighted by atomic mass is 16.5. The normalized spacial score (nSPS) is 17.4. The van der Waals surface area contributed by atoms with E-state index >= 15 is 0 Å². The quantitative estimate of drug-likeness (QED) is 0.832. The number of aliphatic carboxylic acids is 1. The van der Waals surface area contributed by atoms with Crippen LogP contribution in [0, 0.1) is 5.41 Å². The summed E-state index contributed by atoms with van der Waals surface area (Å²) in [6, 6.07) is 7.40. The van der Waals surface area contributed by atoms with Crippen LogP contribution in [0.1, 0.15) is 19.3 Å². The van der Waals surface area contributed by atoms with Gasteiger partial charge in [-0.1, -0.05) is 12.1 Å². The summed E-state index contributed by atoms with van der Waals surface area (Å²) in [5.74, 6) is 0.606. The van der Waals surface area contributed by atoms with Gasteiger partial charge in [-0.15, -0.1) is 0 Å². The zero-order chi connectivity index (χ0) is 14.4. The summed E-state index contributed by atoms with van der Waals surface area (Å²) in [7, 11) is 1.59. The number of nitrogens with one attached hydrogen (secondary N) is 1. The summed E-state index contributed by atoms with van der Waals surface area (Å²) in [4.78, 5) is 11.5. The molecule has 1 saturated heterocycles. The van der Waals surface area contributed by atoms with E-state index in [9.17, 15) is 9.90 Å². The Labute approximate surface area is 118 Å². The van der Waals surface area contributed by atoms with Crippen molar-refractivity contribution in [2.45, 2.75) is 19.3 Å². The number of benzene rings is 1. The average Bonchev–Trinajstić information content (AvgIpc) is 2.48. The number of hydrogen-bond acceptors (Lipinski definition) is 4. The standard InChI is InChI=1S/C15H21NO4/c1-19-12-4-2-3-5-13(12)20-11-8-15(14(17)18)6-9-16-10-7-15/h2-5,16H,6-11H2,1H3,(H,17,18). The Kier molecular flexibility index (Phi) is 4.84. The van der Waals surface area contributed by atoms with Crippen molar-refractivity contribution in [1.82, 2.24) is 5.32 Å². The molecule has 1 fully saturated rings. The molecule has 110 valence electrons. The molecule has 1 heterocycles. The molecule has 0 spiro atoms. The maximum atomic E-state index is 11.5. The van der Waals surface area contributed by atoms with E-state index in [0.29, 0.717) is 37.4 Å². The molecule has 0 aliphatic carbocycles. The van der Waals surface area contributed by atoms with Gasteiger partial charge in [-0.05, 0) is 44.5 Å². The third-order valence-electron chi connectivity index (χ3n) is 3.92. The lowest BCUT2D eigenvalue weighted by Crippen LogP contribution is -2.43. The van der Waals surface area contributed by atoms with E-state index in [1.54, 1.807) is 7.11 Å². The second-order valence-electron chi connectivity index (χ2n) is 5.08. The average molecular weight is 279 g/mol. The molecule has 1 aliphatic heterocycles. The first kappa shape index (κ1) is 14.7. The van der Waals surface area contributed by atoms with Crippen LogP contribution in [0.3, 0.4) is 0 Å². The molecule has 20 heavy (non-hydrogen) atoms. The van der Waals surface area contributed by atoms with E-state index in [1.807, 2.05) is 24.3 Å². The van der Waals surface area contributed by atoms with Crippen LogP contribution in [0.2, 0.25) is 0 Å². The molecule has 0 atom stereocenters. The first-order valence-corrected chi connectivity index (χ1v) is 6.88. The van der Waals surface area contributed by atoms with Gasteiger partial charge < -0.3 is 19.9 Å². The van der Waals surface area contributed by atoms with Gasteiger partial charge in [0.1, 0.15) is 0 Å². The highest BCUT2D eigenvalue weighted by Crippen LogP contribution is 2.34. The van der Waals surface area contributed by atoms with Crippen LogP contribution in [-0.2, 0) is 4.79 Å². The number of piperidine rings is 1. The first-order valence-electron chi connectivity index (χ1n) is 6.88. The minimum Gasteiger partial charge on any atom is -0.493 e. The molecule has 0 unspecified atom stereocenters. The number of rotatable bonds is 6. The zero-order valence-electron chi connectivity index (χ0n) is 11.7. The van der Waals surface area contributed by atoms with Gasteiger partial charge in [-0.25, -0.2) is 0 Å². The predicted molar refractivity (Wildman–Crippen MR) is 75.3 cm³/mol. The van der Waals surface area contributed by atoms with Gasteiger partial charge in [0.2, 0.25) is 0 Å². The van der Waals surface area contributed by atoms with Gasteiger partial charge in [-0.2, -0.15) is 0 Å². The number of ether oxygens (including phenoxy) is 2. The summed E-state index contributed by atoms with van der Waals surface area (Å²) in [6.45, 7) is 1.88. The second-order valence-corrected chi connectivity index (χ2v) is 5.08. The van der Waals surface area contributed by atoms with Crippen LogP contribution >= 0.6 is 0 Å². The van der Waals surface area contributed by atoms with Crippen LogP contribution in [0.15, 0.2) is 24.3 Å². The molecule has 1 aromatic rings. The van der Waals surface area contributed by atoms with Crippen molar-refractivity contribution in [3.63, 3.8) is 0 Å². The van der Waals surface area contributed by atoms with Crippen molar-refractivity contribution < 1.29 is 19.4 Å². The molecule has 5 nitrogen and oxygen atoms in total. The Bertz CT molecular complexity index is 455. The molecular formula is C15H21NO4. The molecule has 0 radical (unpaired) electrons. The van der Waals surface area contributed by atoms with Gasteiger partial charge in [0.15, 0.2) is 11.5 Å². The molecule has 0 aromatic heterocycles. The number of carboxylic acid groups (broad SMARTS) is 1. The third kappa shape index (κ3) is 3.22. The molecular weight excluding hydrogens is 258 g/mol. The molecule has 2 rings (SSSR count). The Morgan fingerprint density at radius 1 is 1.30 bits per heavy atom. The molecule has 1 aromatic carbocycles. The van der Waals surface area contributed by atoms with Gasteiger partial charge >= 0.3 is 5.97 Å². The van der Waals surface area contributed by atoms with E-state index in [-0.39, 0.29) is 0 Å². The Balaban J connectivity index is 1.95. The van der Waals surface area contributed by atoms with Crippen molar-refractivity contribution in [2.75, 3.05) is 26.8 Å². The molecule has 1 aliphatic rings. The van der Waals surface area contributed by atoms with Crippen LogP contribution < -0.4 is 14.8 Å². The number of carboxylic acids is 1. The van der Waals surface area contributed by atoms with E-state index < -0.39 is 11.4 Å². The molecule has 0 bridgehead atoms. The van der Waals surface area contributed by atoms with Crippen molar-refractivity contribution >= 4 is 5.97 Å². The van der Waals surface area contributed by atoms with Crippen LogP contribution in [0.5, 0.6) is 11.5 Å². The van der Waals surface area contributed by atoms with Crippen molar-refractivity contribution in [3.05, 3.63) is 24.3 Å². The zero-order valence-corrected chi connectivity index (χ0v) is 11.7. The van der Waals surface area contributed by atoms with Gasteiger partial charge in [0.05, 0.1) is 19.1 Å². The minimum atomic E-state index is -0.720. The lowest BCUT2D eigenvalue weighted by Gasteiger charge is -2.33. The highest BCUT2D eigenvalue weighted by molar-refractivity contribution is 5.74. The number of hydrogen-bond donors (Lipinski definition) is 2. The largest absolute Gasteiger partial charge is 0.493 e. The van der Waals surface area contributed by atoms with Gasteiger partial charge in [-0.3, -0.25) is 4.79 Å². The smallest absolute Gasteiger partial charge is 0.309 e. The number of para-hydroxylation sites is 2. The monoisotopic (exact) mass is 279 g/mol. The fraction of sp³-hybridized carbons (Fsp3) is 0.533. The number of methoxy groups -OCH3 is 1. The Morgan fingerprint density at radius 3 is 2.55 bits per heavy atom. The summed E-state index contributed by atoms with van der Waals surface area (Å²) in [6.07, 6.45) is 1.82. The minimum absolute atomic E-state index is 0.382. The van der Waals surface area contributed by atoms with E-state index in [0.717, 1.165) is 13.1 Å². The fourth-order valence-corrected chi connectivity index (χ4v) is 2.57. The predicted octanol–water partition coefficient (Wildman–Crippen LogP) is 1.92. The SMILES string of the molecule is COc1ccccc1OCCC1(C(=O)O)CCNCC1. The van der Waals surface area contributed by atoms with E-state index in [4.69, 9.17) is 9.47 Å². The maximum Gasteiger partial charge on any atom is 0.309 e. The molecule has 2 N–H and O–H groups in total. The maximum absolute atomic E-state index is 11.5. The summed E-state index contributed by atoms with van der Waals surface area (Å²) in [5, 5.41) is 12.7. The van der Waals surface area contributed by atoms with Gasteiger partial charge in [0.25, 0.3) is 0 Å². The van der Waals surface area contributed by atoms with Crippen LogP contribution in [0.25, 0.3) is 0 Å². The van der Waals surface area contributed by atoms with Crippen LogP contribution in [0.4, 0.5) is 0 Å². The molecule has 0 amide bonds. The third-order valence-corrected chi connectivity index (χ3v) is 3.92. The van der Waals surface area contributed by atoms with Crippen molar-refractivity contribution in [2.24, 2.45) is 5.41 Å². The molecule has 0 saturated carbocycles. The Hall–Kier alpha value is -1.75. The second kappa shape index (κ2) is 6.61. The summed E-state index contributed by atoms with van der Waals surface area (Å²) >= 11 is 0. The fourth-order valence-electron chi connectivity index (χ4n) is 2.57. The van der Waals surface area contributed by atoms with Crippen molar-refractivity contribution in [1.29, 1.82) is 0 Å². The highest BCUT2D eigenvalue weighted by Gasteiger charge is 2.39. The van der Waals surface area contributed by atoms with Gasteiger partial charge in [0, 0.05) is 0 Å². The van der Waals surface area contributed by atoms with E-state index in [2.05, 4.69) is 5.32 Å². The van der Waals surface area contributed by atoms with E-state index in [1.165, 1.54) is 0 Å². The lowest BCUT2D eigenvalue weighted by molar-refractivity contribution is -0.151. The topological polar surface area (TPSA) is 67.8 Å². The Morgan fingerprint density at radius 2 is 1.95 bits per heavy atom. The first-order chi connectivity index (χ1) is 9.68. The molecule has 5 heteroatoms. The lowest BCUT2D eigenvalue weighted by atomic mass is 9.76. The summed E-state index contributed by atoms with van der Waals surface area (Å²) < 4.78 is 10.9. The summed E-state index contributed by atoms with van der Waals surface area (Å²) in [5.41, 5.74) is -0.659. The number of carbonyl (C=O) groups is 1. The van der Waals surface area contributed by atoms with Crippen LogP contribution in [-0.4, -0.2) is 37.9 Å².